The van der Waals surface area contributed by atoms with Crippen LogP contribution >= 0.6 is 0 Å². The van der Waals surface area contributed by atoms with E-state index in [1.807, 2.05) is 0 Å². The lowest BCUT2D eigenvalue weighted by Gasteiger charge is -2.29. The second-order valence-electron chi connectivity index (χ2n) is 4.23. The lowest BCUT2D eigenvalue weighted by Crippen LogP contribution is -2.40. The second kappa shape index (κ2) is 3.05. The van der Waals surface area contributed by atoms with E-state index in [1.54, 1.807) is 13.8 Å². The van der Waals surface area contributed by atoms with E-state index in [2.05, 4.69) is 0 Å². The molecule has 2 atom stereocenters. The molecule has 3 nitrogen and oxygen atoms in total. The summed E-state index contributed by atoms with van der Waals surface area (Å²) in [6.45, 7) is 3.54. The Morgan fingerprint density at radius 1 is 1.50 bits per heavy atom. The van der Waals surface area contributed by atoms with Crippen molar-refractivity contribution in [3.8, 4) is 0 Å². The number of carbonyl (C=O) groups is 1. The van der Waals surface area contributed by atoms with Gasteiger partial charge in [-0.25, -0.2) is 0 Å². The molecule has 1 saturated carbocycles. The number of hydrogen-bond donors (Lipinski definition) is 2. The van der Waals surface area contributed by atoms with Crippen LogP contribution in [-0.2, 0) is 4.79 Å². The number of aliphatic carboxylic acids is 1. The second-order valence-corrected chi connectivity index (χ2v) is 4.23. The summed E-state index contributed by atoms with van der Waals surface area (Å²) in [5.41, 5.74) is 5.18. The van der Waals surface area contributed by atoms with E-state index in [0.717, 1.165) is 19.3 Å². The van der Waals surface area contributed by atoms with Gasteiger partial charge >= 0.3 is 5.97 Å². The van der Waals surface area contributed by atoms with Crippen LogP contribution in [0.3, 0.4) is 0 Å². The zero-order valence-corrected chi connectivity index (χ0v) is 7.71. The standard InChI is InChI=1S/C9H17NO2/c1-9(2,8(11)12)6-4-3-5-7(6)10/h6-7H,3-5,10H2,1-2H3,(H,11,12). The van der Waals surface area contributed by atoms with Crippen molar-refractivity contribution in [3.63, 3.8) is 0 Å². The first-order valence-corrected chi connectivity index (χ1v) is 4.45. The Kier molecular flexibility index (Phi) is 2.42. The molecule has 0 heterocycles. The molecule has 1 rings (SSSR count). The van der Waals surface area contributed by atoms with Gasteiger partial charge < -0.3 is 10.8 Å². The van der Waals surface area contributed by atoms with Crippen molar-refractivity contribution in [1.82, 2.24) is 0 Å². The van der Waals surface area contributed by atoms with Crippen molar-refractivity contribution < 1.29 is 9.90 Å². The molecule has 3 N–H and O–H groups in total. The molecule has 0 spiro atoms. The molecule has 0 saturated heterocycles. The van der Waals surface area contributed by atoms with Crippen LogP contribution in [0.2, 0.25) is 0 Å². The summed E-state index contributed by atoms with van der Waals surface area (Å²) in [5, 5.41) is 8.96. The number of nitrogens with two attached hydrogens (primary N) is 1. The van der Waals surface area contributed by atoms with Gasteiger partial charge in [-0.05, 0) is 32.6 Å². The first kappa shape index (κ1) is 9.52. The molecular formula is C9H17NO2. The fourth-order valence-corrected chi connectivity index (χ4v) is 2.04. The summed E-state index contributed by atoms with van der Waals surface area (Å²) in [6.07, 6.45) is 3.00. The van der Waals surface area contributed by atoms with Crippen LogP contribution in [0.4, 0.5) is 0 Å². The Labute approximate surface area is 72.9 Å². The fraction of sp³-hybridized carbons (Fsp3) is 0.889. The van der Waals surface area contributed by atoms with Crippen LogP contribution in [0.1, 0.15) is 33.1 Å². The predicted molar refractivity (Wildman–Crippen MR) is 46.7 cm³/mol. The molecule has 0 aliphatic heterocycles. The summed E-state index contributed by atoms with van der Waals surface area (Å²) < 4.78 is 0. The maximum Gasteiger partial charge on any atom is 0.309 e. The number of carboxylic acids is 1. The van der Waals surface area contributed by atoms with Crippen LogP contribution in [0.15, 0.2) is 0 Å². The van der Waals surface area contributed by atoms with Crippen molar-refractivity contribution in [2.75, 3.05) is 0 Å². The summed E-state index contributed by atoms with van der Waals surface area (Å²) in [7, 11) is 0. The Hall–Kier alpha value is -0.570. The Morgan fingerprint density at radius 3 is 2.42 bits per heavy atom. The Bertz CT molecular complexity index is 189. The molecular weight excluding hydrogens is 154 g/mol. The highest BCUT2D eigenvalue weighted by Crippen LogP contribution is 2.38. The van der Waals surface area contributed by atoms with E-state index in [9.17, 15) is 4.79 Å². The van der Waals surface area contributed by atoms with Crippen molar-refractivity contribution in [1.29, 1.82) is 0 Å². The molecule has 70 valence electrons. The predicted octanol–water partition coefficient (Wildman–Crippen LogP) is 1.22. The maximum absolute atomic E-state index is 10.9. The molecule has 3 heteroatoms. The van der Waals surface area contributed by atoms with Crippen molar-refractivity contribution in [2.45, 2.75) is 39.2 Å². The molecule has 1 aliphatic carbocycles. The molecule has 0 aromatic heterocycles. The summed E-state index contributed by atoms with van der Waals surface area (Å²) in [5.74, 6) is -0.583. The smallest absolute Gasteiger partial charge is 0.309 e. The third-order valence-electron chi connectivity index (χ3n) is 3.05. The third-order valence-corrected chi connectivity index (χ3v) is 3.05. The van der Waals surface area contributed by atoms with Gasteiger partial charge in [0.15, 0.2) is 0 Å². The molecule has 1 aliphatic rings. The van der Waals surface area contributed by atoms with Gasteiger partial charge in [-0.1, -0.05) is 6.42 Å². The van der Waals surface area contributed by atoms with Gasteiger partial charge in [-0.2, -0.15) is 0 Å². The highest BCUT2D eigenvalue weighted by molar-refractivity contribution is 5.74. The van der Waals surface area contributed by atoms with E-state index in [4.69, 9.17) is 10.8 Å². The van der Waals surface area contributed by atoms with E-state index >= 15 is 0 Å². The van der Waals surface area contributed by atoms with Gasteiger partial charge in [-0.15, -0.1) is 0 Å². The molecule has 12 heavy (non-hydrogen) atoms. The lowest BCUT2D eigenvalue weighted by atomic mass is 9.76. The molecule has 1 fully saturated rings. The minimum Gasteiger partial charge on any atom is -0.481 e. The zero-order valence-electron chi connectivity index (χ0n) is 7.71. The average molecular weight is 171 g/mol. The summed E-state index contributed by atoms with van der Waals surface area (Å²) >= 11 is 0. The Balaban J connectivity index is 2.73. The molecule has 0 aromatic carbocycles. The minimum absolute atomic E-state index is 0.0797. The van der Waals surface area contributed by atoms with Crippen LogP contribution in [0.5, 0.6) is 0 Å². The van der Waals surface area contributed by atoms with Gasteiger partial charge in [0, 0.05) is 6.04 Å². The average Bonchev–Trinajstić information content (AvgIpc) is 2.35. The number of hydrogen-bond acceptors (Lipinski definition) is 2. The summed E-state index contributed by atoms with van der Waals surface area (Å²) in [4.78, 5) is 10.9. The van der Waals surface area contributed by atoms with Gasteiger partial charge in [0.1, 0.15) is 0 Å². The highest BCUT2D eigenvalue weighted by Gasteiger charge is 2.42. The topological polar surface area (TPSA) is 63.3 Å². The van der Waals surface area contributed by atoms with E-state index in [1.165, 1.54) is 0 Å². The van der Waals surface area contributed by atoms with E-state index in [0.29, 0.717) is 0 Å². The molecule has 0 bridgehead atoms. The van der Waals surface area contributed by atoms with Crippen LogP contribution < -0.4 is 5.73 Å². The summed E-state index contributed by atoms with van der Waals surface area (Å²) in [6, 6.07) is 0.0797. The maximum atomic E-state index is 10.9. The normalized spacial score (nSPS) is 30.6. The highest BCUT2D eigenvalue weighted by atomic mass is 16.4. The fourth-order valence-electron chi connectivity index (χ4n) is 2.04. The number of carboxylic acid groups (broad SMARTS) is 1. The van der Waals surface area contributed by atoms with Crippen molar-refractivity contribution in [2.24, 2.45) is 17.1 Å². The van der Waals surface area contributed by atoms with Gasteiger partial charge in [0.2, 0.25) is 0 Å². The Morgan fingerprint density at radius 2 is 2.08 bits per heavy atom. The molecule has 0 aromatic rings. The van der Waals surface area contributed by atoms with Crippen LogP contribution in [-0.4, -0.2) is 17.1 Å². The van der Waals surface area contributed by atoms with Gasteiger partial charge in [0.25, 0.3) is 0 Å². The van der Waals surface area contributed by atoms with Gasteiger partial charge in [0.05, 0.1) is 5.41 Å². The van der Waals surface area contributed by atoms with Crippen LogP contribution in [0, 0.1) is 11.3 Å². The van der Waals surface area contributed by atoms with E-state index < -0.39 is 11.4 Å². The van der Waals surface area contributed by atoms with Crippen molar-refractivity contribution >= 4 is 5.97 Å². The zero-order chi connectivity index (χ0) is 9.35. The molecule has 2 unspecified atom stereocenters. The third kappa shape index (κ3) is 1.46. The minimum atomic E-state index is -0.732. The SMILES string of the molecule is CC(C)(C(=O)O)C1CCCC1N. The van der Waals surface area contributed by atoms with Crippen molar-refractivity contribution in [3.05, 3.63) is 0 Å². The molecule has 0 amide bonds. The largest absolute Gasteiger partial charge is 0.481 e. The van der Waals surface area contributed by atoms with E-state index in [-0.39, 0.29) is 12.0 Å². The van der Waals surface area contributed by atoms with Gasteiger partial charge in [-0.3, -0.25) is 4.79 Å². The first-order valence-electron chi connectivity index (χ1n) is 4.45. The number of rotatable bonds is 2. The first-order chi connectivity index (χ1) is 5.46. The van der Waals surface area contributed by atoms with Crippen LogP contribution in [0.25, 0.3) is 0 Å². The molecule has 0 radical (unpaired) electrons. The monoisotopic (exact) mass is 171 g/mol. The quantitative estimate of drug-likeness (QED) is 0.656. The lowest BCUT2D eigenvalue weighted by molar-refractivity contribution is -0.150.